The Hall–Kier alpha value is -1.64. The van der Waals surface area contributed by atoms with Crippen LogP contribution < -0.4 is 12.3 Å². The summed E-state index contributed by atoms with van der Waals surface area (Å²) in [5, 5.41) is 33.8. The van der Waals surface area contributed by atoms with Crippen LogP contribution in [-0.4, -0.2) is 57.2 Å². The Morgan fingerprint density at radius 2 is 1.11 bits per heavy atom. The van der Waals surface area contributed by atoms with Gasteiger partial charge in [0, 0.05) is 0 Å². The van der Waals surface area contributed by atoms with Gasteiger partial charge in [-0.1, -0.05) is 0 Å². The Bertz CT molecular complexity index is 312. The van der Waals surface area contributed by atoms with Gasteiger partial charge in [0.1, 0.15) is 0 Å². The van der Waals surface area contributed by atoms with Crippen LogP contribution in [0.3, 0.4) is 0 Å². The van der Waals surface area contributed by atoms with Crippen molar-refractivity contribution in [3.63, 3.8) is 0 Å². The predicted octanol–water partition coefficient (Wildman–Crippen LogP) is -1.24. The van der Waals surface area contributed by atoms with Crippen molar-refractivity contribution in [1.82, 2.24) is 12.3 Å². The fourth-order valence-electron chi connectivity index (χ4n) is 0.714. The maximum atomic E-state index is 10.3. The van der Waals surface area contributed by atoms with Gasteiger partial charge in [-0.2, -0.15) is 4.21 Å². The molecule has 0 radical (unpaired) electrons. The molecule has 0 spiro atoms. The second-order valence-corrected chi connectivity index (χ2v) is 3.17. The molecule has 0 bridgehead atoms. The van der Waals surface area contributed by atoms with Gasteiger partial charge in [-0.15, -0.1) is 0 Å². The maximum absolute atomic E-state index is 10.3. The molecule has 13 heteroatoms. The molecular formula is C6H16N2O10S. The van der Waals surface area contributed by atoms with Gasteiger partial charge < -0.3 is 32.7 Å². The van der Waals surface area contributed by atoms with Crippen molar-refractivity contribution in [3.8, 4) is 0 Å². The van der Waals surface area contributed by atoms with Gasteiger partial charge in [-0.05, 0) is 0 Å². The van der Waals surface area contributed by atoms with Crippen LogP contribution in [0.1, 0.15) is 12.8 Å². The van der Waals surface area contributed by atoms with Crippen molar-refractivity contribution in [2.75, 3.05) is 0 Å². The van der Waals surface area contributed by atoms with E-state index in [1.165, 1.54) is 0 Å². The number of carboxylic acids is 3. The molecule has 0 aromatic heterocycles. The first-order valence-corrected chi connectivity index (χ1v) is 4.77. The standard InChI is InChI=1S/C6H8O7.2H3N.H2O3S/c7-3(8)1-6(13,5(11)12)2-4(9)10;;;1-4(2)3/h13H,1-2H2,(H,7,8)(H,9,10)(H,11,12);2*1H3;(H2,1,2,3). The Labute approximate surface area is 109 Å². The van der Waals surface area contributed by atoms with Crippen LogP contribution in [0.25, 0.3) is 0 Å². The van der Waals surface area contributed by atoms with Crippen molar-refractivity contribution in [2.24, 2.45) is 0 Å². The summed E-state index contributed by atoms with van der Waals surface area (Å²) in [4.78, 5) is 30.5. The summed E-state index contributed by atoms with van der Waals surface area (Å²) in [5.74, 6) is -5.02. The first kappa shape index (κ1) is 26.0. The van der Waals surface area contributed by atoms with Crippen molar-refractivity contribution >= 4 is 29.3 Å². The van der Waals surface area contributed by atoms with Crippen LogP contribution in [0.5, 0.6) is 0 Å². The molecular weight excluding hydrogens is 292 g/mol. The monoisotopic (exact) mass is 308 g/mol. The molecule has 12 nitrogen and oxygen atoms in total. The van der Waals surface area contributed by atoms with E-state index in [-0.39, 0.29) is 12.3 Å². The zero-order chi connectivity index (χ0) is 14.2. The zero-order valence-corrected chi connectivity index (χ0v) is 10.4. The fraction of sp³-hybridized carbons (Fsp3) is 0.500. The van der Waals surface area contributed by atoms with E-state index < -0.39 is 47.7 Å². The molecule has 0 aliphatic heterocycles. The lowest BCUT2D eigenvalue weighted by molar-refractivity contribution is -0.170. The number of aliphatic hydroxyl groups is 1. The van der Waals surface area contributed by atoms with Crippen molar-refractivity contribution < 1.29 is 48.1 Å². The SMILES string of the molecule is N.N.O=C(O)CC(O)(CC(=O)O)C(=O)O.O=S(O)O. The van der Waals surface area contributed by atoms with Crippen molar-refractivity contribution in [3.05, 3.63) is 0 Å². The smallest absolute Gasteiger partial charge is 0.336 e. The van der Waals surface area contributed by atoms with Gasteiger partial charge in [0.05, 0.1) is 12.8 Å². The third kappa shape index (κ3) is 16.4. The molecule has 0 aliphatic carbocycles. The zero-order valence-electron chi connectivity index (χ0n) is 9.55. The second-order valence-electron chi connectivity index (χ2n) is 2.71. The number of carbonyl (C=O) groups is 3. The van der Waals surface area contributed by atoms with Gasteiger partial charge >= 0.3 is 17.9 Å². The summed E-state index contributed by atoms with van der Waals surface area (Å²) in [6.07, 6.45) is -2.29. The van der Waals surface area contributed by atoms with E-state index in [2.05, 4.69) is 0 Å². The minimum absolute atomic E-state index is 0. The third-order valence-electron chi connectivity index (χ3n) is 1.29. The van der Waals surface area contributed by atoms with Gasteiger partial charge in [0.2, 0.25) is 0 Å². The van der Waals surface area contributed by atoms with Crippen LogP contribution in [0.4, 0.5) is 0 Å². The molecule has 0 atom stereocenters. The van der Waals surface area contributed by atoms with E-state index in [1.807, 2.05) is 0 Å². The minimum atomic E-state index is -2.74. The average Bonchev–Trinajstić information content (AvgIpc) is 1.98. The molecule has 12 N–H and O–H groups in total. The Kier molecular flexibility index (Phi) is 15.7. The first-order chi connectivity index (χ1) is 7.51. The number of carboxylic acid groups (broad SMARTS) is 3. The highest BCUT2D eigenvalue weighted by Gasteiger charge is 2.40. The van der Waals surface area contributed by atoms with Crippen LogP contribution in [0.15, 0.2) is 0 Å². The van der Waals surface area contributed by atoms with E-state index in [0.29, 0.717) is 0 Å². The lowest BCUT2D eigenvalue weighted by Crippen LogP contribution is -2.42. The van der Waals surface area contributed by atoms with E-state index in [1.54, 1.807) is 0 Å². The summed E-state index contributed by atoms with van der Waals surface area (Å²) in [7, 11) is 0. The first-order valence-electron chi connectivity index (χ1n) is 3.70. The van der Waals surface area contributed by atoms with Gasteiger partial charge in [0.25, 0.3) is 11.4 Å². The van der Waals surface area contributed by atoms with Gasteiger partial charge in [0.15, 0.2) is 5.60 Å². The summed E-state index contributed by atoms with van der Waals surface area (Å²) in [6, 6.07) is 0. The predicted molar refractivity (Wildman–Crippen MR) is 60.5 cm³/mol. The summed E-state index contributed by atoms with van der Waals surface area (Å²) in [5.41, 5.74) is -2.74. The Morgan fingerprint density at radius 1 is 0.895 bits per heavy atom. The highest BCUT2D eigenvalue weighted by atomic mass is 32.2. The van der Waals surface area contributed by atoms with E-state index in [4.69, 9.17) is 33.7 Å². The third-order valence-corrected chi connectivity index (χ3v) is 1.29. The second kappa shape index (κ2) is 11.5. The summed E-state index contributed by atoms with van der Waals surface area (Å²) in [6.45, 7) is 0. The molecule has 0 unspecified atom stereocenters. The van der Waals surface area contributed by atoms with E-state index >= 15 is 0 Å². The van der Waals surface area contributed by atoms with Crippen LogP contribution in [-0.2, 0) is 25.7 Å². The quantitative estimate of drug-likeness (QED) is 0.277. The van der Waals surface area contributed by atoms with E-state index in [9.17, 15) is 14.4 Å². The van der Waals surface area contributed by atoms with Crippen molar-refractivity contribution in [1.29, 1.82) is 0 Å². The molecule has 0 heterocycles. The number of rotatable bonds is 5. The summed E-state index contributed by atoms with van der Waals surface area (Å²) >= 11 is -2.61. The lowest BCUT2D eigenvalue weighted by atomic mass is 9.96. The number of aliphatic carboxylic acids is 3. The molecule has 0 aromatic rings. The Balaban J connectivity index is -0.000000165. The Morgan fingerprint density at radius 3 is 1.21 bits per heavy atom. The highest BCUT2D eigenvalue weighted by molar-refractivity contribution is 7.73. The van der Waals surface area contributed by atoms with Crippen LogP contribution in [0, 0.1) is 0 Å². The number of hydrogen-bond donors (Lipinski definition) is 8. The molecule has 19 heavy (non-hydrogen) atoms. The minimum Gasteiger partial charge on any atom is -0.481 e. The topological polar surface area (TPSA) is 260 Å². The van der Waals surface area contributed by atoms with Crippen LogP contribution in [0.2, 0.25) is 0 Å². The molecule has 0 aliphatic rings. The highest BCUT2D eigenvalue weighted by Crippen LogP contribution is 2.15. The average molecular weight is 308 g/mol. The molecule has 0 rings (SSSR count). The molecule has 0 fully saturated rings. The fourth-order valence-corrected chi connectivity index (χ4v) is 0.714. The molecule has 116 valence electrons. The molecule has 0 aromatic carbocycles. The molecule has 0 saturated carbocycles. The van der Waals surface area contributed by atoms with Gasteiger partial charge in [-0.25, -0.2) is 4.79 Å². The summed E-state index contributed by atoms with van der Waals surface area (Å²) < 4.78 is 22.8. The van der Waals surface area contributed by atoms with Gasteiger partial charge in [-0.3, -0.25) is 18.7 Å². The largest absolute Gasteiger partial charge is 0.481 e. The maximum Gasteiger partial charge on any atom is 0.336 e. The molecule has 0 amide bonds. The van der Waals surface area contributed by atoms with Crippen LogP contribution >= 0.6 is 0 Å². The van der Waals surface area contributed by atoms with Crippen molar-refractivity contribution in [2.45, 2.75) is 18.4 Å². The normalized spacial score (nSPS) is 9.26. The lowest BCUT2D eigenvalue weighted by Gasteiger charge is -2.18. The molecule has 0 saturated heterocycles. The number of hydrogen-bond acceptors (Lipinski definition) is 7. The van der Waals surface area contributed by atoms with E-state index in [0.717, 1.165) is 0 Å².